The van der Waals surface area contributed by atoms with E-state index in [9.17, 15) is 0 Å². The lowest BCUT2D eigenvalue weighted by molar-refractivity contribution is 0.443. The maximum atomic E-state index is 6.03. The molecule has 1 fully saturated rings. The van der Waals surface area contributed by atoms with Crippen molar-refractivity contribution in [3.05, 3.63) is 21.9 Å². The van der Waals surface area contributed by atoms with Crippen molar-refractivity contribution < 1.29 is 0 Å². The van der Waals surface area contributed by atoms with Crippen molar-refractivity contribution >= 4 is 23.2 Å². The average Bonchev–Trinajstić information content (AvgIpc) is 3.06. The van der Waals surface area contributed by atoms with Crippen LogP contribution in [0.25, 0.3) is 0 Å². The van der Waals surface area contributed by atoms with Gasteiger partial charge in [-0.3, -0.25) is 0 Å². The molecular formula is C12H18Cl2N2. The van der Waals surface area contributed by atoms with Gasteiger partial charge in [-0.1, -0.05) is 30.1 Å². The molecule has 1 N–H and O–H groups in total. The normalized spacial score (nSPS) is 17.8. The van der Waals surface area contributed by atoms with Crippen LogP contribution in [0, 0.1) is 5.92 Å². The molecule has 1 unspecified atom stereocenters. The highest BCUT2D eigenvalue weighted by Crippen LogP contribution is 2.34. The van der Waals surface area contributed by atoms with Gasteiger partial charge >= 0.3 is 0 Å². The summed E-state index contributed by atoms with van der Waals surface area (Å²) in [5, 5.41) is 4.85. The molecule has 1 aliphatic carbocycles. The molecule has 2 nitrogen and oxygen atoms in total. The molecule has 16 heavy (non-hydrogen) atoms. The van der Waals surface area contributed by atoms with E-state index in [1.807, 2.05) is 17.7 Å². The molecule has 0 radical (unpaired) electrons. The van der Waals surface area contributed by atoms with Crippen LogP contribution in [-0.2, 0) is 13.6 Å². The lowest BCUT2D eigenvalue weighted by Gasteiger charge is -2.16. The third-order valence-electron chi connectivity index (χ3n) is 3.39. The summed E-state index contributed by atoms with van der Waals surface area (Å²) in [5.74, 6) is 0.885. The van der Waals surface area contributed by atoms with Gasteiger partial charge in [0.15, 0.2) is 0 Å². The second kappa shape index (κ2) is 4.99. The number of nitrogens with one attached hydrogen (secondary N) is 1. The highest BCUT2D eigenvalue weighted by Gasteiger charge is 2.29. The SMILES string of the molecule is CCC(NCc1cc(Cl)c(Cl)n1C)C1CC1. The fraction of sp³-hybridized carbons (Fsp3) is 0.667. The van der Waals surface area contributed by atoms with Crippen molar-refractivity contribution in [1.82, 2.24) is 9.88 Å². The van der Waals surface area contributed by atoms with Gasteiger partial charge in [-0.25, -0.2) is 0 Å². The second-order valence-corrected chi connectivity index (χ2v) is 5.33. The minimum absolute atomic E-state index is 0.623. The molecule has 0 aromatic carbocycles. The molecule has 1 aromatic rings. The predicted molar refractivity (Wildman–Crippen MR) is 69.1 cm³/mol. The topological polar surface area (TPSA) is 17.0 Å². The number of hydrogen-bond acceptors (Lipinski definition) is 1. The van der Waals surface area contributed by atoms with Crippen LogP contribution >= 0.6 is 23.2 Å². The Morgan fingerprint density at radius 2 is 2.19 bits per heavy atom. The Morgan fingerprint density at radius 3 is 2.62 bits per heavy atom. The summed E-state index contributed by atoms with van der Waals surface area (Å²) in [6.07, 6.45) is 3.94. The first-order chi connectivity index (χ1) is 7.63. The first-order valence-electron chi connectivity index (χ1n) is 5.86. The molecule has 90 valence electrons. The van der Waals surface area contributed by atoms with Crippen LogP contribution in [0.1, 0.15) is 31.9 Å². The Bertz CT molecular complexity index is 369. The van der Waals surface area contributed by atoms with E-state index >= 15 is 0 Å². The van der Waals surface area contributed by atoms with Crippen molar-refractivity contribution in [1.29, 1.82) is 0 Å². The van der Waals surface area contributed by atoms with Gasteiger partial charge in [0.25, 0.3) is 0 Å². The minimum Gasteiger partial charge on any atom is -0.336 e. The molecule has 0 saturated heterocycles. The predicted octanol–water partition coefficient (Wildman–Crippen LogP) is 3.61. The minimum atomic E-state index is 0.623. The van der Waals surface area contributed by atoms with Crippen LogP contribution in [0.5, 0.6) is 0 Å². The van der Waals surface area contributed by atoms with E-state index in [4.69, 9.17) is 23.2 Å². The van der Waals surface area contributed by atoms with E-state index in [1.54, 1.807) is 0 Å². The van der Waals surface area contributed by atoms with Crippen LogP contribution < -0.4 is 5.32 Å². The Balaban J connectivity index is 1.95. The van der Waals surface area contributed by atoms with Crippen molar-refractivity contribution in [2.24, 2.45) is 13.0 Å². The monoisotopic (exact) mass is 260 g/mol. The van der Waals surface area contributed by atoms with Gasteiger partial charge in [-0.15, -0.1) is 0 Å². The molecule has 1 atom stereocenters. The number of halogens is 2. The quantitative estimate of drug-likeness (QED) is 0.856. The van der Waals surface area contributed by atoms with Crippen molar-refractivity contribution in [2.75, 3.05) is 0 Å². The Kier molecular flexibility index (Phi) is 3.83. The maximum Gasteiger partial charge on any atom is 0.127 e. The summed E-state index contributed by atoms with van der Waals surface area (Å²) in [6.45, 7) is 3.08. The smallest absolute Gasteiger partial charge is 0.127 e. The summed E-state index contributed by atoms with van der Waals surface area (Å²) >= 11 is 12.0. The Labute approximate surface area is 107 Å². The van der Waals surface area contributed by atoms with Gasteiger partial charge in [-0.2, -0.15) is 0 Å². The molecule has 1 aromatic heterocycles. The largest absolute Gasteiger partial charge is 0.336 e. The summed E-state index contributed by atoms with van der Waals surface area (Å²) in [6, 6.07) is 2.59. The lowest BCUT2D eigenvalue weighted by atomic mass is 10.1. The Hall–Kier alpha value is -0.180. The van der Waals surface area contributed by atoms with E-state index in [1.165, 1.54) is 19.3 Å². The lowest BCUT2D eigenvalue weighted by Crippen LogP contribution is -2.30. The number of nitrogens with zero attached hydrogens (tertiary/aromatic N) is 1. The highest BCUT2D eigenvalue weighted by molar-refractivity contribution is 6.41. The summed E-state index contributed by atoms with van der Waals surface area (Å²) in [4.78, 5) is 0. The third kappa shape index (κ3) is 2.55. The van der Waals surface area contributed by atoms with Gasteiger partial charge in [-0.05, 0) is 31.2 Å². The van der Waals surface area contributed by atoms with E-state index in [0.29, 0.717) is 16.2 Å². The number of rotatable bonds is 5. The van der Waals surface area contributed by atoms with E-state index in [0.717, 1.165) is 18.2 Å². The van der Waals surface area contributed by atoms with E-state index in [-0.39, 0.29) is 0 Å². The highest BCUT2D eigenvalue weighted by atomic mass is 35.5. The summed E-state index contributed by atoms with van der Waals surface area (Å²) < 4.78 is 1.94. The zero-order valence-electron chi connectivity index (χ0n) is 9.76. The molecule has 0 aliphatic heterocycles. The standard InChI is InChI=1S/C12H18Cl2N2/c1-3-11(8-4-5-8)15-7-9-6-10(13)12(14)16(9)2/h6,8,11,15H,3-5,7H2,1-2H3. The van der Waals surface area contributed by atoms with Gasteiger partial charge in [0, 0.05) is 25.3 Å². The van der Waals surface area contributed by atoms with Crippen LogP contribution in [0.4, 0.5) is 0 Å². The first kappa shape index (κ1) is 12.3. The molecule has 0 spiro atoms. The van der Waals surface area contributed by atoms with Gasteiger partial charge in [0.2, 0.25) is 0 Å². The van der Waals surface area contributed by atoms with E-state index in [2.05, 4.69) is 12.2 Å². The van der Waals surface area contributed by atoms with Crippen LogP contribution in [0.2, 0.25) is 10.2 Å². The van der Waals surface area contributed by atoms with Gasteiger partial charge in [0.1, 0.15) is 5.15 Å². The molecule has 0 amide bonds. The molecule has 1 aliphatic rings. The van der Waals surface area contributed by atoms with Crippen molar-refractivity contribution in [2.45, 2.75) is 38.8 Å². The fourth-order valence-corrected chi connectivity index (χ4v) is 2.55. The van der Waals surface area contributed by atoms with Gasteiger partial charge < -0.3 is 9.88 Å². The summed E-state index contributed by atoms with van der Waals surface area (Å²) in [7, 11) is 1.95. The van der Waals surface area contributed by atoms with E-state index < -0.39 is 0 Å². The molecule has 1 heterocycles. The van der Waals surface area contributed by atoms with Crippen LogP contribution in [0.3, 0.4) is 0 Å². The zero-order chi connectivity index (χ0) is 11.7. The Morgan fingerprint density at radius 1 is 1.50 bits per heavy atom. The molecule has 0 bridgehead atoms. The summed E-state index contributed by atoms with van der Waals surface area (Å²) in [5.41, 5.74) is 1.15. The number of hydrogen-bond donors (Lipinski definition) is 1. The van der Waals surface area contributed by atoms with Crippen LogP contribution in [-0.4, -0.2) is 10.6 Å². The fourth-order valence-electron chi connectivity index (χ4n) is 2.14. The number of aromatic nitrogens is 1. The average molecular weight is 261 g/mol. The first-order valence-corrected chi connectivity index (χ1v) is 6.62. The van der Waals surface area contributed by atoms with Crippen LogP contribution in [0.15, 0.2) is 6.07 Å². The molecular weight excluding hydrogens is 243 g/mol. The maximum absolute atomic E-state index is 6.03. The molecule has 4 heteroatoms. The molecule has 2 rings (SSSR count). The van der Waals surface area contributed by atoms with Crippen molar-refractivity contribution in [3.63, 3.8) is 0 Å². The second-order valence-electron chi connectivity index (χ2n) is 4.57. The van der Waals surface area contributed by atoms with Crippen molar-refractivity contribution in [3.8, 4) is 0 Å². The molecule has 1 saturated carbocycles. The zero-order valence-corrected chi connectivity index (χ0v) is 11.3. The third-order valence-corrected chi connectivity index (χ3v) is 4.23. The van der Waals surface area contributed by atoms with Gasteiger partial charge in [0.05, 0.1) is 5.02 Å².